The first-order valence-electron chi connectivity index (χ1n) is 9.14. The number of benzene rings is 4. The minimum absolute atomic E-state index is 0.307. The number of hydrogen-bond donors (Lipinski definition) is 0. The zero-order chi connectivity index (χ0) is 17.1. The lowest BCUT2D eigenvalue weighted by atomic mass is 10.1. The third-order valence-corrected chi connectivity index (χ3v) is 5.65. The summed E-state index contributed by atoms with van der Waals surface area (Å²) in [6, 6.07) is 32.9. The first kappa shape index (κ1) is 14.0. The highest BCUT2D eigenvalue weighted by atomic mass is 15.4. The molecule has 0 N–H and O–H groups in total. The molecular weight excluding hydrogens is 316 g/mol. The molecule has 0 amide bonds. The quantitative estimate of drug-likeness (QED) is 0.420. The fraction of sp³-hybridized carbons (Fsp3) is 0.0833. The zero-order valence-corrected chi connectivity index (χ0v) is 14.3. The minimum Gasteiger partial charge on any atom is -0.318 e. The summed E-state index contributed by atoms with van der Waals surface area (Å²) in [5.41, 5.74) is 6.63. The summed E-state index contributed by atoms with van der Waals surface area (Å²) in [5.74, 6) is 0. The van der Waals surface area contributed by atoms with Crippen LogP contribution in [0.25, 0.3) is 10.8 Å². The van der Waals surface area contributed by atoms with Crippen LogP contribution >= 0.6 is 0 Å². The molecule has 2 aliphatic rings. The van der Waals surface area contributed by atoms with Crippen molar-refractivity contribution in [2.24, 2.45) is 0 Å². The average Bonchev–Trinajstić information content (AvgIpc) is 3.21. The molecule has 2 heteroatoms. The molecule has 0 saturated carbocycles. The van der Waals surface area contributed by atoms with Gasteiger partial charge in [-0.25, -0.2) is 0 Å². The highest BCUT2D eigenvalue weighted by molar-refractivity contribution is 5.99. The van der Waals surface area contributed by atoms with E-state index in [1.807, 2.05) is 0 Å². The van der Waals surface area contributed by atoms with Crippen molar-refractivity contribution in [3.63, 3.8) is 0 Å². The number of hydrogen-bond acceptors (Lipinski definition) is 2. The fourth-order valence-corrected chi connectivity index (χ4v) is 4.53. The topological polar surface area (TPSA) is 6.48 Å². The molecule has 4 aromatic rings. The predicted molar refractivity (Wildman–Crippen MR) is 109 cm³/mol. The van der Waals surface area contributed by atoms with E-state index in [0.29, 0.717) is 6.17 Å². The smallest absolute Gasteiger partial charge is 0.115 e. The van der Waals surface area contributed by atoms with Gasteiger partial charge < -0.3 is 9.80 Å². The van der Waals surface area contributed by atoms with Crippen molar-refractivity contribution < 1.29 is 0 Å². The summed E-state index contributed by atoms with van der Waals surface area (Å²) >= 11 is 0. The molecule has 0 spiro atoms. The van der Waals surface area contributed by atoms with Gasteiger partial charge in [-0.2, -0.15) is 0 Å². The molecule has 124 valence electrons. The van der Waals surface area contributed by atoms with E-state index in [1.54, 1.807) is 0 Å². The van der Waals surface area contributed by atoms with Gasteiger partial charge in [0.15, 0.2) is 0 Å². The van der Waals surface area contributed by atoms with Crippen LogP contribution in [0, 0.1) is 0 Å². The van der Waals surface area contributed by atoms with Gasteiger partial charge in [0, 0.05) is 17.8 Å². The van der Waals surface area contributed by atoms with Gasteiger partial charge in [-0.15, -0.1) is 0 Å². The van der Waals surface area contributed by atoms with Crippen molar-refractivity contribution in [3.05, 3.63) is 96.6 Å². The van der Waals surface area contributed by atoms with Crippen molar-refractivity contribution in [1.82, 2.24) is 0 Å². The molecule has 26 heavy (non-hydrogen) atoms. The lowest BCUT2D eigenvalue weighted by molar-refractivity contribution is 0.729. The second-order valence-electron chi connectivity index (χ2n) is 7.08. The van der Waals surface area contributed by atoms with Crippen LogP contribution in [0.2, 0.25) is 0 Å². The Morgan fingerprint density at radius 3 is 1.96 bits per heavy atom. The van der Waals surface area contributed by atoms with E-state index in [2.05, 4.69) is 101 Å². The molecule has 0 saturated heterocycles. The van der Waals surface area contributed by atoms with Crippen LogP contribution in [0.1, 0.15) is 5.56 Å². The Hall–Kier alpha value is -3.26. The molecule has 0 aromatic heterocycles. The maximum absolute atomic E-state index is 2.52. The maximum Gasteiger partial charge on any atom is 0.115 e. The standard InChI is InChI=1S/C24H18N2/c1-2-11-20(12-3-1)25-22-14-17-8-4-5-9-18(17)15-23(22)26-21-13-7-6-10-19(21)16-24(25)26/h1-15,24H,16H2. The van der Waals surface area contributed by atoms with Gasteiger partial charge in [0.1, 0.15) is 6.17 Å². The van der Waals surface area contributed by atoms with Crippen LogP contribution in [0.15, 0.2) is 91.0 Å². The summed E-state index contributed by atoms with van der Waals surface area (Å²) < 4.78 is 0. The molecule has 0 fully saturated rings. The molecule has 2 heterocycles. The Kier molecular flexibility index (Phi) is 2.75. The number of para-hydroxylation sites is 2. The third kappa shape index (κ3) is 1.81. The Morgan fingerprint density at radius 1 is 0.577 bits per heavy atom. The van der Waals surface area contributed by atoms with E-state index in [0.717, 1.165) is 6.42 Å². The Balaban J connectivity index is 1.64. The number of fused-ring (bicyclic) bond motifs is 6. The predicted octanol–water partition coefficient (Wildman–Crippen LogP) is 6.01. The summed E-state index contributed by atoms with van der Waals surface area (Å²) in [6.07, 6.45) is 1.34. The van der Waals surface area contributed by atoms with Gasteiger partial charge in [0.25, 0.3) is 0 Å². The van der Waals surface area contributed by atoms with Crippen LogP contribution in [-0.2, 0) is 6.42 Å². The molecule has 1 atom stereocenters. The van der Waals surface area contributed by atoms with E-state index >= 15 is 0 Å². The van der Waals surface area contributed by atoms with Crippen molar-refractivity contribution in [2.75, 3.05) is 9.80 Å². The molecule has 4 aromatic carbocycles. The van der Waals surface area contributed by atoms with Crippen LogP contribution < -0.4 is 9.80 Å². The molecule has 0 bridgehead atoms. The lowest BCUT2D eigenvalue weighted by Crippen LogP contribution is -2.35. The molecule has 2 aliphatic heterocycles. The van der Waals surface area contributed by atoms with Crippen molar-refractivity contribution in [2.45, 2.75) is 12.6 Å². The zero-order valence-electron chi connectivity index (χ0n) is 14.3. The van der Waals surface area contributed by atoms with Gasteiger partial charge in [-0.3, -0.25) is 0 Å². The molecule has 2 nitrogen and oxygen atoms in total. The van der Waals surface area contributed by atoms with Gasteiger partial charge in [0.2, 0.25) is 0 Å². The van der Waals surface area contributed by atoms with E-state index in [-0.39, 0.29) is 0 Å². The SMILES string of the molecule is c1ccc(N2c3cc4ccccc4cc3N3c4ccccc4CC23)cc1. The van der Waals surface area contributed by atoms with E-state index in [4.69, 9.17) is 0 Å². The van der Waals surface area contributed by atoms with E-state index < -0.39 is 0 Å². The van der Waals surface area contributed by atoms with Gasteiger partial charge >= 0.3 is 0 Å². The first-order chi connectivity index (χ1) is 12.9. The fourth-order valence-electron chi connectivity index (χ4n) is 4.53. The van der Waals surface area contributed by atoms with Crippen molar-refractivity contribution in [1.29, 1.82) is 0 Å². The van der Waals surface area contributed by atoms with Gasteiger partial charge in [-0.05, 0) is 46.7 Å². The number of nitrogens with zero attached hydrogens (tertiary/aromatic N) is 2. The van der Waals surface area contributed by atoms with Crippen molar-refractivity contribution >= 4 is 33.5 Å². The van der Waals surface area contributed by atoms with E-state index in [1.165, 1.54) is 39.1 Å². The van der Waals surface area contributed by atoms with Crippen LogP contribution in [-0.4, -0.2) is 6.17 Å². The lowest BCUT2D eigenvalue weighted by Gasteiger charge is -2.27. The van der Waals surface area contributed by atoms with Gasteiger partial charge in [-0.1, -0.05) is 60.7 Å². The molecular formula is C24H18N2. The Morgan fingerprint density at radius 2 is 1.19 bits per heavy atom. The van der Waals surface area contributed by atoms with Crippen LogP contribution in [0.4, 0.5) is 22.7 Å². The van der Waals surface area contributed by atoms with E-state index in [9.17, 15) is 0 Å². The minimum atomic E-state index is 0.307. The summed E-state index contributed by atoms with van der Waals surface area (Å²) in [5, 5.41) is 2.59. The second kappa shape index (κ2) is 5.12. The van der Waals surface area contributed by atoms with Crippen LogP contribution in [0.5, 0.6) is 0 Å². The average molecular weight is 334 g/mol. The Labute approximate surface area is 152 Å². The molecule has 6 rings (SSSR count). The maximum atomic E-state index is 2.52. The van der Waals surface area contributed by atoms with Gasteiger partial charge in [0.05, 0.1) is 11.4 Å². The number of rotatable bonds is 1. The molecule has 0 aliphatic carbocycles. The van der Waals surface area contributed by atoms with Crippen LogP contribution in [0.3, 0.4) is 0 Å². The highest BCUT2D eigenvalue weighted by Gasteiger charge is 2.42. The molecule has 0 radical (unpaired) electrons. The molecule has 1 unspecified atom stereocenters. The normalized spacial score (nSPS) is 17.3. The summed E-state index contributed by atoms with van der Waals surface area (Å²) in [4.78, 5) is 5.02. The summed E-state index contributed by atoms with van der Waals surface area (Å²) in [7, 11) is 0. The third-order valence-electron chi connectivity index (χ3n) is 5.65. The first-order valence-corrected chi connectivity index (χ1v) is 9.14. The summed E-state index contributed by atoms with van der Waals surface area (Å²) in [6.45, 7) is 0. The Bertz CT molecular complexity index is 1100. The monoisotopic (exact) mass is 334 g/mol. The highest BCUT2D eigenvalue weighted by Crippen LogP contribution is 2.53. The van der Waals surface area contributed by atoms with Crippen molar-refractivity contribution in [3.8, 4) is 0 Å². The number of anilines is 4. The largest absolute Gasteiger partial charge is 0.318 e. The second-order valence-corrected chi connectivity index (χ2v) is 7.08.